The zero-order valence-electron chi connectivity index (χ0n) is 10.6. The second-order valence-corrected chi connectivity index (χ2v) is 5.59. The van der Waals surface area contributed by atoms with E-state index in [1.807, 2.05) is 0 Å². The molecule has 0 aliphatic heterocycles. The fourth-order valence-electron chi connectivity index (χ4n) is 1.54. The summed E-state index contributed by atoms with van der Waals surface area (Å²) in [5.74, 6) is -2.67. The molecule has 22 heavy (non-hydrogen) atoms. The van der Waals surface area contributed by atoms with Gasteiger partial charge in [0.15, 0.2) is 0 Å². The number of sulfonamides is 1. The van der Waals surface area contributed by atoms with Crippen LogP contribution in [0.5, 0.6) is 0 Å². The Bertz CT molecular complexity index is 730. The van der Waals surface area contributed by atoms with Gasteiger partial charge in [0, 0.05) is 5.69 Å². The topological polar surface area (TPSA) is 153 Å². The van der Waals surface area contributed by atoms with Crippen LogP contribution in [0.1, 0.15) is 15.9 Å². The number of carboxylic acids is 1. The summed E-state index contributed by atoms with van der Waals surface area (Å²) < 4.78 is 61.2. The van der Waals surface area contributed by atoms with Gasteiger partial charge >= 0.3 is 12.1 Å². The molecule has 0 aliphatic rings. The number of primary sulfonamides is 1. The van der Waals surface area contributed by atoms with Gasteiger partial charge in [-0.3, -0.25) is 4.79 Å². The molecule has 0 heterocycles. The first-order valence-electron chi connectivity index (χ1n) is 5.37. The Morgan fingerprint density at radius 3 is 2.18 bits per heavy atom. The molecule has 0 spiro atoms. The van der Waals surface area contributed by atoms with Crippen molar-refractivity contribution in [2.24, 2.45) is 10.9 Å². The van der Waals surface area contributed by atoms with Gasteiger partial charge in [0.2, 0.25) is 15.9 Å². The quantitative estimate of drug-likeness (QED) is 0.589. The maximum absolute atomic E-state index is 12.9. The molecule has 1 aromatic rings. The van der Waals surface area contributed by atoms with Crippen molar-refractivity contribution >= 4 is 27.6 Å². The average Bonchev–Trinajstić information content (AvgIpc) is 2.32. The van der Waals surface area contributed by atoms with Gasteiger partial charge in [-0.1, -0.05) is 0 Å². The van der Waals surface area contributed by atoms with Crippen molar-refractivity contribution in [1.82, 2.24) is 0 Å². The zero-order valence-corrected chi connectivity index (χ0v) is 11.5. The average molecular weight is 341 g/mol. The number of carbonyl (C=O) groups is 2. The van der Waals surface area contributed by atoms with Gasteiger partial charge < -0.3 is 16.2 Å². The van der Waals surface area contributed by atoms with Crippen LogP contribution in [0.3, 0.4) is 0 Å². The van der Waals surface area contributed by atoms with Crippen molar-refractivity contribution in [3.63, 3.8) is 0 Å². The standard InChI is InChI=1S/C10H10F3N3O5S/c11-10(12,13)5-2-6(16-3-8(14)17)4(9(18)19)1-7(5)22(15,20)21/h1-2,16H,3H2,(H2,14,17)(H,18,19)(H2,15,20,21). The third kappa shape index (κ3) is 4.08. The summed E-state index contributed by atoms with van der Waals surface area (Å²) in [6.45, 7) is -0.647. The predicted molar refractivity (Wildman–Crippen MR) is 67.5 cm³/mol. The SMILES string of the molecule is NC(=O)CNc1cc(C(F)(F)F)c(S(N)(=O)=O)cc1C(=O)O. The molecule has 122 valence electrons. The number of carbonyl (C=O) groups excluding carboxylic acids is 1. The van der Waals surface area contributed by atoms with Gasteiger partial charge in [0.1, 0.15) is 0 Å². The molecule has 1 rings (SSSR count). The van der Waals surface area contributed by atoms with Crippen LogP contribution in [0.4, 0.5) is 18.9 Å². The Morgan fingerprint density at radius 1 is 1.27 bits per heavy atom. The minimum absolute atomic E-state index is 0.242. The molecule has 0 radical (unpaired) electrons. The molecule has 0 saturated heterocycles. The number of anilines is 1. The number of nitrogens with two attached hydrogens (primary N) is 2. The first kappa shape index (κ1) is 17.7. The third-order valence-corrected chi connectivity index (χ3v) is 3.37. The van der Waals surface area contributed by atoms with E-state index in [0.29, 0.717) is 0 Å². The van der Waals surface area contributed by atoms with Gasteiger partial charge in [-0.25, -0.2) is 18.4 Å². The number of hydrogen-bond donors (Lipinski definition) is 4. The van der Waals surface area contributed by atoms with Crippen LogP contribution in [0.15, 0.2) is 17.0 Å². The van der Waals surface area contributed by atoms with E-state index in [1.54, 1.807) is 0 Å². The lowest BCUT2D eigenvalue weighted by atomic mass is 10.1. The Kier molecular flexibility index (Phi) is 4.67. The lowest BCUT2D eigenvalue weighted by Crippen LogP contribution is -2.24. The highest BCUT2D eigenvalue weighted by atomic mass is 32.2. The summed E-state index contributed by atoms with van der Waals surface area (Å²) in [6, 6.07) is 0.510. The number of aromatic carboxylic acids is 1. The van der Waals surface area contributed by atoms with Crippen molar-refractivity contribution in [1.29, 1.82) is 0 Å². The van der Waals surface area contributed by atoms with Gasteiger partial charge in [0.25, 0.3) is 0 Å². The first-order chi connectivity index (χ1) is 9.84. The molecular weight excluding hydrogens is 331 g/mol. The van der Waals surface area contributed by atoms with Crippen LogP contribution >= 0.6 is 0 Å². The maximum Gasteiger partial charge on any atom is 0.417 e. The van der Waals surface area contributed by atoms with Gasteiger partial charge in [0.05, 0.1) is 22.6 Å². The first-order valence-corrected chi connectivity index (χ1v) is 6.92. The van der Waals surface area contributed by atoms with Gasteiger partial charge in [-0.15, -0.1) is 0 Å². The minimum Gasteiger partial charge on any atom is -0.478 e. The fraction of sp³-hybridized carbons (Fsp3) is 0.200. The van der Waals surface area contributed by atoms with Gasteiger partial charge in [-0.2, -0.15) is 13.2 Å². The second kappa shape index (κ2) is 5.81. The van der Waals surface area contributed by atoms with Crippen LogP contribution in [0, 0.1) is 0 Å². The van der Waals surface area contributed by atoms with Crippen molar-refractivity contribution in [2.45, 2.75) is 11.1 Å². The summed E-state index contributed by atoms with van der Waals surface area (Å²) in [6.07, 6.45) is -5.11. The highest BCUT2D eigenvalue weighted by Gasteiger charge is 2.38. The Balaban J connectivity index is 3.65. The van der Waals surface area contributed by atoms with E-state index in [9.17, 15) is 31.2 Å². The van der Waals surface area contributed by atoms with Crippen LogP contribution in [0.25, 0.3) is 0 Å². The molecule has 0 fully saturated rings. The van der Waals surface area contributed by atoms with Crippen LogP contribution < -0.4 is 16.2 Å². The number of primary amides is 1. The Labute approximate surface area is 121 Å². The molecule has 0 aliphatic carbocycles. The number of halogens is 3. The highest BCUT2D eigenvalue weighted by Crippen LogP contribution is 2.37. The number of carboxylic acid groups (broad SMARTS) is 1. The summed E-state index contributed by atoms with van der Waals surface area (Å²) >= 11 is 0. The third-order valence-electron chi connectivity index (χ3n) is 2.42. The van der Waals surface area contributed by atoms with Crippen molar-refractivity contribution < 1.29 is 36.3 Å². The Morgan fingerprint density at radius 2 is 1.82 bits per heavy atom. The van der Waals surface area contributed by atoms with Crippen molar-refractivity contribution in [3.05, 3.63) is 23.3 Å². The zero-order chi connectivity index (χ0) is 17.3. The summed E-state index contributed by atoms with van der Waals surface area (Å²) in [7, 11) is -4.82. The molecule has 12 heteroatoms. The van der Waals surface area contributed by atoms with E-state index < -0.39 is 56.3 Å². The molecule has 1 amide bonds. The number of benzene rings is 1. The smallest absolute Gasteiger partial charge is 0.417 e. The number of amides is 1. The molecular formula is C10H10F3N3O5S. The maximum atomic E-state index is 12.9. The summed E-state index contributed by atoms with van der Waals surface area (Å²) in [4.78, 5) is 20.3. The van der Waals surface area contributed by atoms with Crippen LogP contribution in [0.2, 0.25) is 0 Å². The molecule has 1 aromatic carbocycles. The van der Waals surface area contributed by atoms with E-state index in [2.05, 4.69) is 10.5 Å². The second-order valence-electron chi connectivity index (χ2n) is 4.06. The summed E-state index contributed by atoms with van der Waals surface area (Å²) in [5, 5.41) is 15.7. The highest BCUT2D eigenvalue weighted by molar-refractivity contribution is 7.89. The van der Waals surface area contributed by atoms with E-state index in [1.165, 1.54) is 0 Å². The van der Waals surface area contributed by atoms with E-state index in [4.69, 9.17) is 10.8 Å². The molecule has 8 nitrogen and oxygen atoms in total. The van der Waals surface area contributed by atoms with E-state index >= 15 is 0 Å². The lowest BCUT2D eigenvalue weighted by Gasteiger charge is -2.16. The fourth-order valence-corrected chi connectivity index (χ4v) is 2.31. The molecule has 0 bridgehead atoms. The van der Waals surface area contributed by atoms with Crippen LogP contribution in [-0.2, 0) is 21.0 Å². The molecule has 0 unspecified atom stereocenters. The Hall–Kier alpha value is -2.34. The van der Waals surface area contributed by atoms with E-state index in [0.717, 1.165) is 0 Å². The molecule has 0 saturated carbocycles. The van der Waals surface area contributed by atoms with Gasteiger partial charge in [-0.05, 0) is 12.1 Å². The molecule has 0 atom stereocenters. The normalized spacial score (nSPS) is 12.0. The lowest BCUT2D eigenvalue weighted by molar-refractivity contribution is -0.139. The molecule has 0 aromatic heterocycles. The number of rotatable bonds is 5. The summed E-state index contributed by atoms with van der Waals surface area (Å²) in [5.41, 5.74) is 1.72. The van der Waals surface area contributed by atoms with Crippen molar-refractivity contribution in [3.8, 4) is 0 Å². The monoisotopic (exact) mass is 341 g/mol. The largest absolute Gasteiger partial charge is 0.478 e. The predicted octanol–water partition coefficient (Wildman–Crippen LogP) is -0.0518. The van der Waals surface area contributed by atoms with Crippen LogP contribution in [-0.4, -0.2) is 31.9 Å². The van der Waals surface area contributed by atoms with Crippen molar-refractivity contribution in [2.75, 3.05) is 11.9 Å². The molecule has 6 N–H and O–H groups in total. The van der Waals surface area contributed by atoms with E-state index in [-0.39, 0.29) is 12.1 Å². The minimum atomic E-state index is -5.11. The number of alkyl halides is 3. The number of nitrogens with one attached hydrogen (secondary N) is 1. The number of hydrogen-bond acceptors (Lipinski definition) is 5.